The lowest BCUT2D eigenvalue weighted by atomic mass is 9.72. The SMILES string of the molecule is CC(C)(C)C1CCC(=N[N+](C)(C)C)CC1.[I-]. The molecule has 0 N–H and O–H groups in total. The Morgan fingerprint density at radius 1 is 1.06 bits per heavy atom. The van der Waals surface area contributed by atoms with Crippen molar-refractivity contribution < 1.29 is 28.6 Å². The van der Waals surface area contributed by atoms with Gasteiger partial charge in [0.25, 0.3) is 0 Å². The van der Waals surface area contributed by atoms with Crippen LogP contribution in [-0.2, 0) is 0 Å². The van der Waals surface area contributed by atoms with E-state index in [0.717, 1.165) is 10.5 Å². The van der Waals surface area contributed by atoms with Crippen LogP contribution in [0.25, 0.3) is 0 Å². The van der Waals surface area contributed by atoms with Crippen LogP contribution in [0.5, 0.6) is 0 Å². The third-order valence-electron chi connectivity index (χ3n) is 3.23. The fourth-order valence-electron chi connectivity index (χ4n) is 2.34. The molecule has 1 saturated carbocycles. The largest absolute Gasteiger partial charge is 1.00 e. The van der Waals surface area contributed by atoms with Crippen LogP contribution >= 0.6 is 0 Å². The molecule has 1 fully saturated rings. The van der Waals surface area contributed by atoms with Crippen molar-refractivity contribution in [3.63, 3.8) is 0 Å². The Bertz CT molecular complexity index is 236. The molecule has 0 spiro atoms. The fourth-order valence-corrected chi connectivity index (χ4v) is 2.34. The van der Waals surface area contributed by atoms with Crippen LogP contribution in [0.4, 0.5) is 0 Å². The van der Waals surface area contributed by atoms with Gasteiger partial charge in [0.1, 0.15) is 0 Å². The van der Waals surface area contributed by atoms with Gasteiger partial charge < -0.3 is 24.0 Å². The predicted octanol–water partition coefficient (Wildman–Crippen LogP) is 0.289. The first-order valence-corrected chi connectivity index (χ1v) is 6.08. The quantitative estimate of drug-likeness (QED) is 0.370. The summed E-state index contributed by atoms with van der Waals surface area (Å²) in [5.74, 6) is 0.879. The van der Waals surface area contributed by atoms with Crippen molar-refractivity contribution in [2.45, 2.75) is 46.5 Å². The molecule has 0 aromatic carbocycles. The van der Waals surface area contributed by atoms with Crippen LogP contribution in [0.3, 0.4) is 0 Å². The van der Waals surface area contributed by atoms with Gasteiger partial charge in [0.2, 0.25) is 0 Å². The molecule has 16 heavy (non-hydrogen) atoms. The van der Waals surface area contributed by atoms with Gasteiger partial charge in [0.15, 0.2) is 0 Å². The molecule has 3 heteroatoms. The van der Waals surface area contributed by atoms with Gasteiger partial charge in [-0.1, -0.05) is 25.9 Å². The summed E-state index contributed by atoms with van der Waals surface area (Å²) >= 11 is 0. The molecule has 0 radical (unpaired) electrons. The normalized spacial score (nSPS) is 22.6. The van der Waals surface area contributed by atoms with Crippen molar-refractivity contribution in [2.75, 3.05) is 21.1 Å². The Balaban J connectivity index is 0.00000225. The first kappa shape index (κ1) is 16.4. The zero-order valence-corrected chi connectivity index (χ0v) is 13.8. The van der Waals surface area contributed by atoms with Crippen molar-refractivity contribution in [3.05, 3.63) is 0 Å². The van der Waals surface area contributed by atoms with Crippen LogP contribution in [0.15, 0.2) is 5.10 Å². The average Bonchev–Trinajstić information content (AvgIpc) is 2.00. The van der Waals surface area contributed by atoms with E-state index >= 15 is 0 Å². The van der Waals surface area contributed by atoms with Crippen molar-refractivity contribution >= 4 is 5.71 Å². The topological polar surface area (TPSA) is 12.4 Å². The molecule has 0 unspecified atom stereocenters. The zero-order chi connectivity index (χ0) is 11.7. The Morgan fingerprint density at radius 3 is 1.81 bits per heavy atom. The van der Waals surface area contributed by atoms with Crippen LogP contribution < -0.4 is 24.0 Å². The van der Waals surface area contributed by atoms with Crippen molar-refractivity contribution in [2.24, 2.45) is 16.4 Å². The molecule has 0 atom stereocenters. The predicted molar refractivity (Wildman–Crippen MR) is 66.9 cm³/mol. The second-order valence-corrected chi connectivity index (χ2v) is 6.75. The van der Waals surface area contributed by atoms with E-state index in [1.807, 2.05) is 0 Å². The van der Waals surface area contributed by atoms with Gasteiger partial charge in [-0.25, -0.2) is 4.59 Å². The second kappa shape index (κ2) is 5.80. The number of hydrogen-bond donors (Lipinski definition) is 0. The number of quaternary nitrogens is 1. The Labute approximate surface area is 118 Å². The van der Waals surface area contributed by atoms with E-state index in [1.54, 1.807) is 0 Å². The lowest BCUT2D eigenvalue weighted by Crippen LogP contribution is -3.00. The molecule has 0 bridgehead atoms. The molecule has 96 valence electrons. The Morgan fingerprint density at radius 2 is 1.50 bits per heavy atom. The minimum atomic E-state index is 0. The van der Waals surface area contributed by atoms with Gasteiger partial charge in [0, 0.05) is 0 Å². The summed E-state index contributed by atoms with van der Waals surface area (Å²) in [7, 11) is 6.38. The maximum Gasteiger partial charge on any atom is 0.0923 e. The third-order valence-corrected chi connectivity index (χ3v) is 3.23. The molecule has 1 aliphatic rings. The first-order valence-electron chi connectivity index (χ1n) is 6.08. The van der Waals surface area contributed by atoms with E-state index in [1.165, 1.54) is 31.4 Å². The van der Waals surface area contributed by atoms with Crippen molar-refractivity contribution in [3.8, 4) is 0 Å². The second-order valence-electron chi connectivity index (χ2n) is 6.75. The van der Waals surface area contributed by atoms with Crippen LogP contribution in [0, 0.1) is 11.3 Å². The summed E-state index contributed by atoms with van der Waals surface area (Å²) in [5.41, 5.74) is 1.89. The summed E-state index contributed by atoms with van der Waals surface area (Å²) in [5, 5.41) is 4.74. The smallest absolute Gasteiger partial charge is 0.0923 e. The fraction of sp³-hybridized carbons (Fsp3) is 0.923. The van der Waals surface area contributed by atoms with E-state index in [4.69, 9.17) is 5.10 Å². The standard InChI is InChI=1S/C13H27N2.HI/c1-13(2,3)11-7-9-12(10-8-11)14-15(4,5)6;/h11H,7-10H2,1-6H3;1H/q+1;/p-1. The van der Waals surface area contributed by atoms with Crippen LogP contribution in [0.1, 0.15) is 46.5 Å². The average molecular weight is 338 g/mol. The monoisotopic (exact) mass is 338 g/mol. The van der Waals surface area contributed by atoms with Crippen LogP contribution in [0.2, 0.25) is 0 Å². The third kappa shape index (κ3) is 5.62. The summed E-state index contributed by atoms with van der Waals surface area (Å²) in [6.45, 7) is 7.08. The molecule has 1 aliphatic carbocycles. The van der Waals surface area contributed by atoms with Gasteiger partial charge in [-0.3, -0.25) is 0 Å². The lowest BCUT2D eigenvalue weighted by Gasteiger charge is -2.34. The highest BCUT2D eigenvalue weighted by atomic mass is 127. The van der Waals surface area contributed by atoms with Gasteiger partial charge in [-0.15, -0.1) is 0 Å². The molecule has 1 rings (SSSR count). The molecule has 0 amide bonds. The van der Waals surface area contributed by atoms with Gasteiger partial charge in [-0.2, -0.15) is 0 Å². The summed E-state index contributed by atoms with van der Waals surface area (Å²) in [6, 6.07) is 0. The zero-order valence-electron chi connectivity index (χ0n) is 11.7. The number of hydrogen-bond acceptors (Lipinski definition) is 1. The first-order chi connectivity index (χ1) is 6.68. The molecule has 0 aromatic rings. The molecule has 2 nitrogen and oxygen atoms in total. The van der Waals surface area contributed by atoms with Gasteiger partial charge in [0.05, 0.1) is 26.9 Å². The van der Waals surface area contributed by atoms with E-state index < -0.39 is 0 Å². The molecule has 0 heterocycles. The van der Waals surface area contributed by atoms with E-state index in [0.29, 0.717) is 5.41 Å². The maximum atomic E-state index is 4.74. The van der Waals surface area contributed by atoms with Crippen LogP contribution in [-0.4, -0.2) is 31.4 Å². The maximum absolute atomic E-state index is 4.74. The number of nitrogens with zero attached hydrogens (tertiary/aromatic N) is 2. The number of rotatable bonds is 1. The minimum absolute atomic E-state index is 0. The Kier molecular flexibility index (Phi) is 5.93. The van der Waals surface area contributed by atoms with E-state index in [9.17, 15) is 0 Å². The summed E-state index contributed by atoms with van der Waals surface area (Å²) in [6.07, 6.45) is 5.06. The number of halogens is 1. The Hall–Kier alpha value is 0.360. The lowest BCUT2D eigenvalue weighted by molar-refractivity contribution is -0.877. The molecule has 0 aromatic heterocycles. The van der Waals surface area contributed by atoms with Crippen molar-refractivity contribution in [1.29, 1.82) is 0 Å². The highest BCUT2D eigenvalue weighted by Crippen LogP contribution is 2.36. The van der Waals surface area contributed by atoms with Gasteiger partial charge in [-0.05, 0) is 37.0 Å². The summed E-state index contributed by atoms with van der Waals surface area (Å²) in [4.78, 5) is 0. The minimum Gasteiger partial charge on any atom is -1.00 e. The highest BCUT2D eigenvalue weighted by molar-refractivity contribution is 5.84. The molecule has 0 aliphatic heterocycles. The highest BCUT2D eigenvalue weighted by Gasteiger charge is 2.28. The molecular formula is C13H27IN2. The molecular weight excluding hydrogens is 311 g/mol. The van der Waals surface area contributed by atoms with E-state index in [-0.39, 0.29) is 24.0 Å². The summed E-state index contributed by atoms with van der Waals surface area (Å²) < 4.78 is 0.718. The van der Waals surface area contributed by atoms with E-state index in [2.05, 4.69) is 41.9 Å². The van der Waals surface area contributed by atoms with Gasteiger partial charge >= 0.3 is 0 Å². The van der Waals surface area contributed by atoms with Crippen molar-refractivity contribution in [1.82, 2.24) is 0 Å². The molecule has 0 saturated heterocycles.